The first-order chi connectivity index (χ1) is 7.63. The van der Waals surface area contributed by atoms with Crippen LogP contribution >= 0.6 is 0 Å². The van der Waals surface area contributed by atoms with E-state index in [9.17, 15) is 8.78 Å². The summed E-state index contributed by atoms with van der Waals surface area (Å²) in [6.45, 7) is -0.351. The van der Waals surface area contributed by atoms with Gasteiger partial charge in [0.15, 0.2) is 0 Å². The molecular weight excluding hydrogens is 214 g/mol. The Morgan fingerprint density at radius 3 is 2.56 bits per heavy atom. The molecule has 0 aromatic heterocycles. The molecule has 0 heterocycles. The van der Waals surface area contributed by atoms with Crippen LogP contribution in [-0.2, 0) is 0 Å². The Balaban J connectivity index is 2.53. The van der Waals surface area contributed by atoms with Crippen molar-refractivity contribution in [1.29, 1.82) is 0 Å². The molecule has 0 atom stereocenters. The first-order valence-corrected chi connectivity index (χ1v) is 5.67. The molecule has 3 N–H and O–H groups in total. The van der Waals surface area contributed by atoms with Gasteiger partial charge in [-0.1, -0.05) is 19.3 Å². The lowest BCUT2D eigenvalue weighted by atomic mass is 9.96. The van der Waals surface area contributed by atoms with Gasteiger partial charge in [-0.05, 0) is 12.8 Å². The molecule has 0 saturated heterocycles. The second kappa shape index (κ2) is 6.62. The van der Waals surface area contributed by atoms with Crippen molar-refractivity contribution in [1.82, 2.24) is 10.3 Å². The normalized spacial score (nSPS) is 18.9. The first-order valence-electron chi connectivity index (χ1n) is 5.67. The molecule has 6 heteroatoms. The summed E-state index contributed by atoms with van der Waals surface area (Å²) in [5, 5.41) is 0. The van der Waals surface area contributed by atoms with Crippen LogP contribution in [0.2, 0.25) is 0 Å². The fraction of sp³-hybridized carbons (Fsp3) is 0.900. The van der Waals surface area contributed by atoms with Crippen LogP contribution in [0.4, 0.5) is 8.78 Å². The highest BCUT2D eigenvalue weighted by Crippen LogP contribution is 2.20. The third kappa shape index (κ3) is 4.30. The fourth-order valence-corrected chi connectivity index (χ4v) is 1.92. The molecule has 0 aliphatic heterocycles. The molecular formula is C10H20F2N4. The van der Waals surface area contributed by atoms with Crippen molar-refractivity contribution >= 4 is 5.96 Å². The van der Waals surface area contributed by atoms with Crippen LogP contribution < -0.4 is 11.3 Å². The Morgan fingerprint density at radius 2 is 2.06 bits per heavy atom. The number of aliphatic imine (C=N–C) groups is 1. The summed E-state index contributed by atoms with van der Waals surface area (Å²) >= 11 is 0. The molecule has 16 heavy (non-hydrogen) atoms. The molecule has 1 aliphatic rings. The van der Waals surface area contributed by atoms with Crippen molar-refractivity contribution in [2.24, 2.45) is 10.8 Å². The van der Waals surface area contributed by atoms with E-state index < -0.39 is 6.43 Å². The molecule has 0 unspecified atom stereocenters. The van der Waals surface area contributed by atoms with E-state index in [0.717, 1.165) is 25.7 Å². The molecule has 1 fully saturated rings. The molecule has 0 bridgehead atoms. The van der Waals surface area contributed by atoms with Gasteiger partial charge in [0, 0.05) is 7.05 Å². The van der Waals surface area contributed by atoms with Gasteiger partial charge in [-0.15, -0.1) is 0 Å². The van der Waals surface area contributed by atoms with Crippen molar-refractivity contribution in [2.45, 2.75) is 44.6 Å². The highest BCUT2D eigenvalue weighted by Gasteiger charge is 2.16. The Hall–Kier alpha value is -0.910. The van der Waals surface area contributed by atoms with Gasteiger partial charge in [0.25, 0.3) is 6.43 Å². The van der Waals surface area contributed by atoms with Crippen LogP contribution in [0.1, 0.15) is 32.1 Å². The van der Waals surface area contributed by atoms with Gasteiger partial charge >= 0.3 is 0 Å². The van der Waals surface area contributed by atoms with Crippen LogP contribution in [0.3, 0.4) is 0 Å². The van der Waals surface area contributed by atoms with Crippen LogP contribution in [0.5, 0.6) is 0 Å². The minimum Gasteiger partial charge on any atom is -0.339 e. The van der Waals surface area contributed by atoms with Crippen molar-refractivity contribution in [2.75, 3.05) is 13.6 Å². The summed E-state index contributed by atoms with van der Waals surface area (Å²) in [4.78, 5) is 5.74. The Kier molecular flexibility index (Phi) is 5.45. The number of alkyl halides is 2. The molecule has 4 nitrogen and oxygen atoms in total. The zero-order valence-electron chi connectivity index (χ0n) is 9.63. The van der Waals surface area contributed by atoms with Crippen LogP contribution in [-0.4, -0.2) is 36.9 Å². The summed E-state index contributed by atoms with van der Waals surface area (Å²) in [7, 11) is 1.56. The van der Waals surface area contributed by atoms with Gasteiger partial charge in [-0.2, -0.15) is 0 Å². The number of hydrogen-bond acceptors (Lipinski definition) is 2. The van der Waals surface area contributed by atoms with Gasteiger partial charge in [0.2, 0.25) is 5.96 Å². The van der Waals surface area contributed by atoms with E-state index in [1.165, 1.54) is 11.3 Å². The van der Waals surface area contributed by atoms with E-state index in [0.29, 0.717) is 5.96 Å². The molecule has 0 amide bonds. The number of hydrogen-bond donors (Lipinski definition) is 2. The first kappa shape index (κ1) is 13.2. The molecule has 0 spiro atoms. The lowest BCUT2D eigenvalue weighted by Crippen LogP contribution is -2.45. The predicted octanol–water partition coefficient (Wildman–Crippen LogP) is 1.34. The SMILES string of the molecule is CN(CC(F)F)C(=NC1CCCCC1)NN. The average Bonchev–Trinajstić information content (AvgIpc) is 2.26. The topological polar surface area (TPSA) is 53.6 Å². The number of rotatable bonds is 3. The molecule has 0 aromatic carbocycles. The minimum atomic E-state index is -2.38. The maximum atomic E-state index is 12.2. The number of nitrogens with zero attached hydrogens (tertiary/aromatic N) is 2. The lowest BCUT2D eigenvalue weighted by molar-refractivity contribution is 0.122. The quantitative estimate of drug-likeness (QED) is 0.335. The van der Waals surface area contributed by atoms with E-state index in [1.807, 2.05) is 0 Å². The van der Waals surface area contributed by atoms with Crippen molar-refractivity contribution in [3.8, 4) is 0 Å². The van der Waals surface area contributed by atoms with Gasteiger partial charge in [0.05, 0.1) is 12.6 Å². The molecule has 1 saturated carbocycles. The molecule has 0 radical (unpaired) electrons. The maximum Gasteiger partial charge on any atom is 0.255 e. The standard InChI is InChI=1S/C10H20F2N4/c1-16(7-9(11)12)10(15-13)14-8-5-3-2-4-6-8/h8-9H,2-7,13H2,1H3,(H,14,15). The number of nitrogens with one attached hydrogen (secondary N) is 1. The third-order valence-electron chi connectivity index (χ3n) is 2.78. The monoisotopic (exact) mass is 234 g/mol. The fourth-order valence-electron chi connectivity index (χ4n) is 1.92. The van der Waals surface area contributed by atoms with Gasteiger partial charge in [-0.25, -0.2) is 19.6 Å². The van der Waals surface area contributed by atoms with Gasteiger partial charge < -0.3 is 4.90 Å². The molecule has 1 aliphatic carbocycles. The van der Waals surface area contributed by atoms with Crippen molar-refractivity contribution < 1.29 is 8.78 Å². The second-order valence-corrected chi connectivity index (χ2v) is 4.16. The van der Waals surface area contributed by atoms with E-state index in [4.69, 9.17) is 5.84 Å². The summed E-state index contributed by atoms with van der Waals surface area (Å²) in [6.07, 6.45) is 3.22. The molecule has 94 valence electrons. The van der Waals surface area contributed by atoms with Crippen LogP contribution in [0.25, 0.3) is 0 Å². The van der Waals surface area contributed by atoms with E-state index in [1.54, 1.807) is 7.05 Å². The largest absolute Gasteiger partial charge is 0.339 e. The van der Waals surface area contributed by atoms with E-state index in [-0.39, 0.29) is 12.6 Å². The molecule has 1 rings (SSSR count). The van der Waals surface area contributed by atoms with Crippen molar-refractivity contribution in [3.05, 3.63) is 0 Å². The Labute approximate surface area is 94.9 Å². The summed E-state index contributed by atoms with van der Waals surface area (Å²) in [5.41, 5.74) is 2.40. The van der Waals surface area contributed by atoms with Crippen LogP contribution in [0, 0.1) is 0 Å². The van der Waals surface area contributed by atoms with Crippen molar-refractivity contribution in [3.63, 3.8) is 0 Å². The number of halogens is 2. The van der Waals surface area contributed by atoms with Crippen LogP contribution in [0.15, 0.2) is 4.99 Å². The van der Waals surface area contributed by atoms with Gasteiger partial charge in [-0.3, -0.25) is 5.43 Å². The van der Waals surface area contributed by atoms with E-state index >= 15 is 0 Å². The Morgan fingerprint density at radius 1 is 1.44 bits per heavy atom. The number of nitrogens with two attached hydrogens (primary N) is 1. The highest BCUT2D eigenvalue weighted by molar-refractivity contribution is 5.79. The molecule has 0 aromatic rings. The van der Waals surface area contributed by atoms with Gasteiger partial charge in [0.1, 0.15) is 0 Å². The summed E-state index contributed by atoms with van der Waals surface area (Å²) in [5.74, 6) is 5.65. The third-order valence-corrected chi connectivity index (χ3v) is 2.78. The predicted molar refractivity (Wildman–Crippen MR) is 60.3 cm³/mol. The number of hydrazine groups is 1. The highest BCUT2D eigenvalue weighted by atomic mass is 19.3. The lowest BCUT2D eigenvalue weighted by Gasteiger charge is -2.24. The summed E-state index contributed by atoms with van der Waals surface area (Å²) in [6, 6.07) is 0.222. The Bertz CT molecular complexity index is 227. The smallest absolute Gasteiger partial charge is 0.255 e. The maximum absolute atomic E-state index is 12.2. The van der Waals surface area contributed by atoms with E-state index in [2.05, 4.69) is 10.4 Å². The zero-order valence-corrected chi connectivity index (χ0v) is 9.63. The summed E-state index contributed by atoms with van der Waals surface area (Å²) < 4.78 is 24.4. The minimum absolute atomic E-state index is 0.222. The zero-order chi connectivity index (χ0) is 12.0. The number of guanidine groups is 1. The average molecular weight is 234 g/mol. The second-order valence-electron chi connectivity index (χ2n) is 4.16.